The molecule has 2 rings (SSSR count). The topological polar surface area (TPSA) is 55.8 Å². The molecule has 0 atom stereocenters. The van der Waals surface area contributed by atoms with Crippen LogP contribution >= 0.6 is 11.6 Å². The highest BCUT2D eigenvalue weighted by atomic mass is 35.5. The summed E-state index contributed by atoms with van der Waals surface area (Å²) in [7, 11) is 1.25. The summed E-state index contributed by atoms with van der Waals surface area (Å²) in [5.74, 6) is -0.505. The van der Waals surface area contributed by atoms with Gasteiger partial charge in [0, 0.05) is 0 Å². The van der Waals surface area contributed by atoms with E-state index in [1.54, 1.807) is 6.07 Å². The molecule has 1 aliphatic rings. The van der Waals surface area contributed by atoms with Crippen molar-refractivity contribution < 1.29 is 19.4 Å². The van der Waals surface area contributed by atoms with Crippen LogP contribution in [-0.4, -0.2) is 24.3 Å². The Kier molecular flexibility index (Phi) is 3.97. The predicted octanol–water partition coefficient (Wildman–Crippen LogP) is 3.15. The van der Waals surface area contributed by atoms with Gasteiger partial charge in [0.05, 0.1) is 13.2 Å². The molecule has 0 spiro atoms. The molecule has 1 N–H and O–H groups in total. The van der Waals surface area contributed by atoms with E-state index in [9.17, 15) is 9.90 Å². The van der Waals surface area contributed by atoms with E-state index in [0.717, 1.165) is 25.7 Å². The fourth-order valence-electron chi connectivity index (χ4n) is 2.10. The molecule has 1 saturated carbocycles. The van der Waals surface area contributed by atoms with Crippen LogP contribution in [-0.2, 0) is 4.74 Å². The molecule has 1 aromatic rings. The maximum absolute atomic E-state index is 11.4. The molecule has 0 aliphatic heterocycles. The van der Waals surface area contributed by atoms with Crippen molar-refractivity contribution in [3.05, 3.63) is 22.7 Å². The normalized spacial score (nSPS) is 15.7. The SMILES string of the molecule is COC(=O)c1ccc(OC2CCCC2)c(Cl)c1O. The Morgan fingerprint density at radius 1 is 1.39 bits per heavy atom. The van der Waals surface area contributed by atoms with E-state index in [2.05, 4.69) is 4.74 Å². The first-order valence-corrected chi connectivity index (χ1v) is 6.27. The van der Waals surface area contributed by atoms with Gasteiger partial charge >= 0.3 is 5.97 Å². The molecule has 0 bridgehead atoms. The Hall–Kier alpha value is -1.42. The minimum Gasteiger partial charge on any atom is -0.505 e. The molecule has 18 heavy (non-hydrogen) atoms. The zero-order chi connectivity index (χ0) is 13.1. The average Bonchev–Trinajstić information content (AvgIpc) is 2.87. The van der Waals surface area contributed by atoms with Gasteiger partial charge in [-0.2, -0.15) is 0 Å². The number of hydrogen-bond acceptors (Lipinski definition) is 4. The van der Waals surface area contributed by atoms with Gasteiger partial charge in [-0.25, -0.2) is 4.79 Å². The lowest BCUT2D eigenvalue weighted by atomic mass is 10.2. The zero-order valence-corrected chi connectivity index (χ0v) is 10.9. The minimum absolute atomic E-state index is 0.0428. The number of esters is 1. The van der Waals surface area contributed by atoms with Crippen LogP contribution in [0.3, 0.4) is 0 Å². The quantitative estimate of drug-likeness (QED) is 0.857. The van der Waals surface area contributed by atoms with Crippen molar-refractivity contribution in [3.8, 4) is 11.5 Å². The maximum Gasteiger partial charge on any atom is 0.341 e. The van der Waals surface area contributed by atoms with E-state index < -0.39 is 5.97 Å². The highest BCUT2D eigenvalue weighted by Crippen LogP contribution is 2.38. The number of carbonyl (C=O) groups excluding carboxylic acids is 1. The summed E-state index contributed by atoms with van der Waals surface area (Å²) in [5, 5.41) is 9.90. The predicted molar refractivity (Wildman–Crippen MR) is 67.3 cm³/mol. The lowest BCUT2D eigenvalue weighted by molar-refractivity contribution is 0.0597. The number of phenols is 1. The van der Waals surface area contributed by atoms with Crippen LogP contribution in [0.25, 0.3) is 0 Å². The van der Waals surface area contributed by atoms with Crippen LogP contribution in [0.2, 0.25) is 5.02 Å². The second-order valence-corrected chi connectivity index (χ2v) is 4.67. The van der Waals surface area contributed by atoms with Gasteiger partial charge in [-0.3, -0.25) is 0 Å². The summed E-state index contributed by atoms with van der Waals surface area (Å²) in [6, 6.07) is 3.05. The van der Waals surface area contributed by atoms with Crippen LogP contribution in [0.5, 0.6) is 11.5 Å². The molecule has 0 radical (unpaired) electrons. The van der Waals surface area contributed by atoms with E-state index >= 15 is 0 Å². The Morgan fingerprint density at radius 2 is 2.06 bits per heavy atom. The third-order valence-electron chi connectivity index (χ3n) is 3.08. The number of halogens is 1. The molecule has 5 heteroatoms. The number of rotatable bonds is 3. The zero-order valence-electron chi connectivity index (χ0n) is 10.1. The smallest absolute Gasteiger partial charge is 0.341 e. The molecule has 1 fully saturated rings. The Balaban J connectivity index is 2.22. The Bertz CT molecular complexity index is 453. The molecule has 0 aromatic heterocycles. The van der Waals surface area contributed by atoms with E-state index in [0.29, 0.717) is 5.75 Å². The molecule has 0 saturated heterocycles. The van der Waals surface area contributed by atoms with Gasteiger partial charge < -0.3 is 14.6 Å². The Labute approximate surface area is 110 Å². The summed E-state index contributed by atoms with van der Waals surface area (Å²) < 4.78 is 10.3. The summed E-state index contributed by atoms with van der Waals surface area (Å²) >= 11 is 6.00. The molecule has 1 aromatic carbocycles. The number of methoxy groups -OCH3 is 1. The summed E-state index contributed by atoms with van der Waals surface area (Å²) in [5.41, 5.74) is 0.0428. The maximum atomic E-state index is 11.4. The number of aromatic hydroxyl groups is 1. The molecule has 1 aliphatic carbocycles. The van der Waals surface area contributed by atoms with Gasteiger partial charge in [0.2, 0.25) is 0 Å². The number of phenolic OH excluding ortho intramolecular Hbond substituents is 1. The highest BCUT2D eigenvalue weighted by molar-refractivity contribution is 6.34. The van der Waals surface area contributed by atoms with Crippen molar-refractivity contribution in [3.63, 3.8) is 0 Å². The van der Waals surface area contributed by atoms with Gasteiger partial charge in [0.1, 0.15) is 16.3 Å². The number of ether oxygens (including phenoxy) is 2. The molecule has 0 heterocycles. The molecular weight excluding hydrogens is 256 g/mol. The van der Waals surface area contributed by atoms with Crippen molar-refractivity contribution in [1.29, 1.82) is 0 Å². The largest absolute Gasteiger partial charge is 0.505 e. The lowest BCUT2D eigenvalue weighted by Crippen LogP contribution is -2.11. The second-order valence-electron chi connectivity index (χ2n) is 4.29. The third-order valence-corrected chi connectivity index (χ3v) is 3.45. The molecule has 98 valence electrons. The van der Waals surface area contributed by atoms with E-state index in [-0.39, 0.29) is 22.4 Å². The number of carbonyl (C=O) groups is 1. The fourth-order valence-corrected chi connectivity index (χ4v) is 2.31. The van der Waals surface area contributed by atoms with Crippen LogP contribution in [0.4, 0.5) is 0 Å². The first kappa shape index (κ1) is 13.0. The molecule has 4 nitrogen and oxygen atoms in total. The van der Waals surface area contributed by atoms with Crippen molar-refractivity contribution in [1.82, 2.24) is 0 Å². The highest BCUT2D eigenvalue weighted by Gasteiger charge is 2.21. The standard InChI is InChI=1S/C13H15ClO4/c1-17-13(16)9-6-7-10(11(14)12(9)15)18-8-4-2-3-5-8/h6-8,15H,2-5H2,1H3. The number of hydrogen-bond donors (Lipinski definition) is 1. The van der Waals surface area contributed by atoms with Gasteiger partial charge in [-0.05, 0) is 37.8 Å². The van der Waals surface area contributed by atoms with E-state index in [4.69, 9.17) is 16.3 Å². The van der Waals surface area contributed by atoms with Crippen molar-refractivity contribution in [2.75, 3.05) is 7.11 Å². The monoisotopic (exact) mass is 270 g/mol. The third kappa shape index (κ3) is 2.53. The van der Waals surface area contributed by atoms with Crippen LogP contribution in [0.15, 0.2) is 12.1 Å². The number of benzene rings is 1. The van der Waals surface area contributed by atoms with Gasteiger partial charge in [-0.15, -0.1) is 0 Å². The van der Waals surface area contributed by atoms with Gasteiger partial charge in [-0.1, -0.05) is 11.6 Å². The van der Waals surface area contributed by atoms with Crippen LogP contribution < -0.4 is 4.74 Å². The summed E-state index contributed by atoms with van der Waals surface area (Å²) in [4.78, 5) is 11.4. The van der Waals surface area contributed by atoms with Crippen molar-refractivity contribution in [2.45, 2.75) is 31.8 Å². The molecule has 0 unspecified atom stereocenters. The van der Waals surface area contributed by atoms with Crippen LogP contribution in [0, 0.1) is 0 Å². The first-order valence-electron chi connectivity index (χ1n) is 5.90. The summed E-state index contributed by atoms with van der Waals surface area (Å²) in [6.45, 7) is 0. The van der Waals surface area contributed by atoms with E-state index in [1.165, 1.54) is 13.2 Å². The van der Waals surface area contributed by atoms with Crippen molar-refractivity contribution in [2.24, 2.45) is 0 Å². The average molecular weight is 271 g/mol. The minimum atomic E-state index is -0.623. The fraction of sp³-hybridized carbons (Fsp3) is 0.462. The lowest BCUT2D eigenvalue weighted by Gasteiger charge is -2.15. The Morgan fingerprint density at radius 3 is 2.67 bits per heavy atom. The summed E-state index contributed by atoms with van der Waals surface area (Å²) in [6.07, 6.45) is 4.43. The first-order chi connectivity index (χ1) is 8.63. The van der Waals surface area contributed by atoms with E-state index in [1.807, 2.05) is 0 Å². The second kappa shape index (κ2) is 5.48. The molecular formula is C13H15ClO4. The molecule has 0 amide bonds. The van der Waals surface area contributed by atoms with Crippen molar-refractivity contribution >= 4 is 17.6 Å². The van der Waals surface area contributed by atoms with Crippen LogP contribution in [0.1, 0.15) is 36.0 Å². The van der Waals surface area contributed by atoms with Gasteiger partial charge in [0.15, 0.2) is 5.75 Å². The van der Waals surface area contributed by atoms with Gasteiger partial charge in [0.25, 0.3) is 0 Å².